The summed E-state index contributed by atoms with van der Waals surface area (Å²) < 4.78 is 0. The molecule has 1 aliphatic carbocycles. The van der Waals surface area contributed by atoms with Crippen LogP contribution in [0, 0.1) is 5.92 Å². The fourth-order valence-corrected chi connectivity index (χ4v) is 2.53. The zero-order valence-electron chi connectivity index (χ0n) is 10.4. The Morgan fingerprint density at radius 1 is 1.19 bits per heavy atom. The van der Waals surface area contributed by atoms with Crippen molar-refractivity contribution in [2.75, 3.05) is 0 Å². The second-order valence-electron chi connectivity index (χ2n) is 4.87. The first-order chi connectivity index (χ1) is 7.76. The van der Waals surface area contributed by atoms with Gasteiger partial charge < -0.3 is 5.11 Å². The first-order valence-electron chi connectivity index (χ1n) is 6.56. The zero-order valence-corrected chi connectivity index (χ0v) is 10.4. The van der Waals surface area contributed by atoms with Gasteiger partial charge in [-0.15, -0.1) is 0 Å². The van der Waals surface area contributed by atoms with E-state index < -0.39 is 0 Å². The van der Waals surface area contributed by atoms with Crippen LogP contribution in [-0.4, -0.2) is 5.11 Å². The van der Waals surface area contributed by atoms with Crippen LogP contribution < -0.4 is 0 Å². The summed E-state index contributed by atoms with van der Waals surface area (Å²) >= 11 is 0. The Bertz CT molecular complexity index is 352. The number of aryl methyl sites for hydroxylation is 2. The Labute approximate surface area is 98.5 Å². The van der Waals surface area contributed by atoms with E-state index in [9.17, 15) is 5.11 Å². The second-order valence-corrected chi connectivity index (χ2v) is 4.87. The van der Waals surface area contributed by atoms with Crippen molar-refractivity contribution in [3.63, 3.8) is 0 Å². The van der Waals surface area contributed by atoms with Gasteiger partial charge in [-0.25, -0.2) is 0 Å². The fraction of sp³-hybridized carbons (Fsp3) is 0.600. The van der Waals surface area contributed by atoms with Crippen LogP contribution in [-0.2, 0) is 12.8 Å². The minimum atomic E-state index is -0.232. The quantitative estimate of drug-likeness (QED) is 0.818. The Hall–Kier alpha value is -0.820. The van der Waals surface area contributed by atoms with Crippen molar-refractivity contribution in [2.45, 2.75) is 52.1 Å². The normalized spacial score (nSPS) is 18.2. The van der Waals surface area contributed by atoms with Crippen molar-refractivity contribution in [3.8, 4) is 0 Å². The summed E-state index contributed by atoms with van der Waals surface area (Å²) in [6.45, 7) is 4.38. The van der Waals surface area contributed by atoms with Crippen LogP contribution in [0.4, 0.5) is 0 Å². The van der Waals surface area contributed by atoms with E-state index in [0.29, 0.717) is 5.92 Å². The summed E-state index contributed by atoms with van der Waals surface area (Å²) in [5.41, 5.74) is 3.95. The molecule has 0 radical (unpaired) electrons. The number of rotatable bonds is 4. The third-order valence-corrected chi connectivity index (χ3v) is 3.93. The SMILES string of the molecule is CCc1ccc(C(O)C2CCC2)cc1CC. The Morgan fingerprint density at radius 2 is 1.88 bits per heavy atom. The molecule has 88 valence electrons. The summed E-state index contributed by atoms with van der Waals surface area (Å²) in [6.07, 6.45) is 5.59. The maximum atomic E-state index is 10.2. The number of hydrogen-bond donors (Lipinski definition) is 1. The van der Waals surface area contributed by atoms with Gasteiger partial charge in [-0.3, -0.25) is 0 Å². The maximum absolute atomic E-state index is 10.2. The van der Waals surface area contributed by atoms with Crippen LogP contribution in [0.3, 0.4) is 0 Å². The lowest BCUT2D eigenvalue weighted by molar-refractivity contribution is 0.0620. The van der Waals surface area contributed by atoms with Gasteiger partial charge >= 0.3 is 0 Å². The molecule has 1 nitrogen and oxygen atoms in total. The van der Waals surface area contributed by atoms with Gasteiger partial charge in [0.1, 0.15) is 0 Å². The lowest BCUT2D eigenvalue weighted by Gasteiger charge is -2.30. The molecule has 16 heavy (non-hydrogen) atoms. The van der Waals surface area contributed by atoms with E-state index in [1.165, 1.54) is 30.4 Å². The van der Waals surface area contributed by atoms with E-state index in [2.05, 4.69) is 32.0 Å². The zero-order chi connectivity index (χ0) is 11.5. The topological polar surface area (TPSA) is 20.2 Å². The molecule has 0 saturated heterocycles. The van der Waals surface area contributed by atoms with Gasteiger partial charge in [0.05, 0.1) is 6.10 Å². The lowest BCUT2D eigenvalue weighted by Crippen LogP contribution is -2.20. The first-order valence-corrected chi connectivity index (χ1v) is 6.56. The van der Waals surface area contributed by atoms with Crippen LogP contribution >= 0.6 is 0 Å². The monoisotopic (exact) mass is 218 g/mol. The minimum Gasteiger partial charge on any atom is -0.388 e. The highest BCUT2D eigenvalue weighted by molar-refractivity contribution is 5.33. The van der Waals surface area contributed by atoms with Crippen molar-refractivity contribution in [1.82, 2.24) is 0 Å². The Balaban J connectivity index is 2.20. The van der Waals surface area contributed by atoms with Crippen molar-refractivity contribution < 1.29 is 5.11 Å². The Morgan fingerprint density at radius 3 is 2.38 bits per heavy atom. The van der Waals surface area contributed by atoms with Crippen molar-refractivity contribution >= 4 is 0 Å². The summed E-state index contributed by atoms with van der Waals surface area (Å²) in [5, 5.41) is 10.2. The number of benzene rings is 1. The van der Waals surface area contributed by atoms with Gasteiger partial charge in [-0.2, -0.15) is 0 Å². The smallest absolute Gasteiger partial charge is 0.0818 e. The first kappa shape index (κ1) is 11.7. The average molecular weight is 218 g/mol. The number of aliphatic hydroxyl groups excluding tert-OH is 1. The van der Waals surface area contributed by atoms with E-state index in [1.54, 1.807) is 0 Å². The van der Waals surface area contributed by atoms with E-state index in [1.807, 2.05) is 0 Å². The molecular formula is C15H22O. The van der Waals surface area contributed by atoms with Crippen molar-refractivity contribution in [3.05, 3.63) is 34.9 Å². The van der Waals surface area contributed by atoms with Gasteiger partial charge in [-0.05, 0) is 48.3 Å². The molecule has 1 aliphatic rings. The molecule has 1 fully saturated rings. The van der Waals surface area contributed by atoms with Crippen molar-refractivity contribution in [1.29, 1.82) is 0 Å². The van der Waals surface area contributed by atoms with Gasteiger partial charge in [0, 0.05) is 0 Å². The molecular weight excluding hydrogens is 196 g/mol. The Kier molecular flexibility index (Phi) is 3.65. The maximum Gasteiger partial charge on any atom is 0.0818 e. The third kappa shape index (κ3) is 2.15. The molecule has 0 aliphatic heterocycles. The molecule has 1 atom stereocenters. The van der Waals surface area contributed by atoms with Gasteiger partial charge in [0.25, 0.3) is 0 Å². The van der Waals surface area contributed by atoms with Gasteiger partial charge in [0.2, 0.25) is 0 Å². The summed E-state index contributed by atoms with van der Waals surface area (Å²) in [6, 6.07) is 6.51. The molecule has 0 spiro atoms. The van der Waals surface area contributed by atoms with Crippen LogP contribution in [0.1, 0.15) is 55.9 Å². The van der Waals surface area contributed by atoms with Crippen LogP contribution in [0.5, 0.6) is 0 Å². The predicted molar refractivity (Wildman–Crippen MR) is 67.5 cm³/mol. The molecule has 1 aromatic carbocycles. The molecule has 0 amide bonds. The molecule has 2 rings (SSSR count). The minimum absolute atomic E-state index is 0.232. The van der Waals surface area contributed by atoms with Crippen LogP contribution in [0.2, 0.25) is 0 Å². The van der Waals surface area contributed by atoms with Crippen LogP contribution in [0.25, 0.3) is 0 Å². The molecule has 1 N–H and O–H groups in total. The molecule has 1 aromatic rings. The van der Waals surface area contributed by atoms with Gasteiger partial charge in [0.15, 0.2) is 0 Å². The molecule has 0 heterocycles. The second kappa shape index (κ2) is 5.01. The lowest BCUT2D eigenvalue weighted by atomic mass is 9.78. The number of aliphatic hydroxyl groups is 1. The highest BCUT2D eigenvalue weighted by atomic mass is 16.3. The third-order valence-electron chi connectivity index (χ3n) is 3.93. The molecule has 0 aromatic heterocycles. The largest absolute Gasteiger partial charge is 0.388 e. The summed E-state index contributed by atoms with van der Waals surface area (Å²) in [5.74, 6) is 0.511. The summed E-state index contributed by atoms with van der Waals surface area (Å²) in [7, 11) is 0. The predicted octanol–water partition coefficient (Wildman–Crippen LogP) is 3.64. The van der Waals surface area contributed by atoms with E-state index in [4.69, 9.17) is 0 Å². The molecule has 1 saturated carbocycles. The highest BCUT2D eigenvalue weighted by Gasteiger charge is 2.26. The average Bonchev–Trinajstić information content (AvgIpc) is 2.25. The van der Waals surface area contributed by atoms with E-state index in [-0.39, 0.29) is 6.10 Å². The van der Waals surface area contributed by atoms with Gasteiger partial charge in [-0.1, -0.05) is 38.5 Å². The summed E-state index contributed by atoms with van der Waals surface area (Å²) in [4.78, 5) is 0. The molecule has 1 heteroatoms. The number of hydrogen-bond acceptors (Lipinski definition) is 1. The highest BCUT2D eigenvalue weighted by Crippen LogP contribution is 2.37. The van der Waals surface area contributed by atoms with Crippen LogP contribution in [0.15, 0.2) is 18.2 Å². The molecule has 0 bridgehead atoms. The standard InChI is InChI=1S/C15H22O/c1-3-11-8-9-14(10-12(11)4-2)15(16)13-6-5-7-13/h8-10,13,15-16H,3-7H2,1-2H3. The fourth-order valence-electron chi connectivity index (χ4n) is 2.53. The van der Waals surface area contributed by atoms with E-state index >= 15 is 0 Å². The van der Waals surface area contributed by atoms with Crippen molar-refractivity contribution in [2.24, 2.45) is 5.92 Å². The van der Waals surface area contributed by atoms with E-state index in [0.717, 1.165) is 18.4 Å². The molecule has 1 unspecified atom stereocenters.